The summed E-state index contributed by atoms with van der Waals surface area (Å²) in [5.74, 6) is 0.497. The molecule has 0 aromatic rings. The van der Waals surface area contributed by atoms with E-state index in [0.717, 1.165) is 44.9 Å². The Morgan fingerprint density at radius 1 is 1.06 bits per heavy atom. The number of fused-ring (bicyclic) bond motifs is 4. The molecule has 0 aliphatic heterocycles. The maximum Gasteiger partial charge on any atom is 0.310 e. The third-order valence-electron chi connectivity index (χ3n) is 13.4. The van der Waals surface area contributed by atoms with E-state index in [4.69, 9.17) is 0 Å². The Labute approximate surface area is 204 Å². The van der Waals surface area contributed by atoms with Gasteiger partial charge in [0.15, 0.2) is 0 Å². The molecule has 0 unspecified atom stereocenters. The summed E-state index contributed by atoms with van der Waals surface area (Å²) in [6.45, 7) is 16.0. The highest BCUT2D eigenvalue weighted by Crippen LogP contribution is 2.90. The van der Waals surface area contributed by atoms with Gasteiger partial charge >= 0.3 is 5.97 Å². The molecule has 5 fully saturated rings. The van der Waals surface area contributed by atoms with E-state index >= 15 is 0 Å². The van der Waals surface area contributed by atoms with Crippen molar-refractivity contribution in [2.75, 3.05) is 0 Å². The van der Waals surface area contributed by atoms with Gasteiger partial charge in [-0.25, -0.2) is 0 Å². The maximum atomic E-state index is 12.8. The lowest BCUT2D eigenvalue weighted by molar-refractivity contribution is -0.220. The van der Waals surface area contributed by atoms with Crippen LogP contribution in [0.5, 0.6) is 0 Å². The minimum absolute atomic E-state index is 0.0322. The number of aliphatic hydroxyl groups is 2. The summed E-state index contributed by atoms with van der Waals surface area (Å²) in [5.41, 5.74) is 0.248. The SMILES string of the molecule is C=C1[C@H](C)CC[C@]2(C(=O)O)CC[C@]34C[C@]3(C=C[C@@H]3[C@@]5(C)C[C@@H](O)[C@H](O)C(C)(C)[C@@H]5CC[C@]34C)[C@H]12. The zero-order chi connectivity index (χ0) is 24.7. The molecule has 6 aliphatic rings. The van der Waals surface area contributed by atoms with Crippen LogP contribution in [0, 0.1) is 56.2 Å². The van der Waals surface area contributed by atoms with Gasteiger partial charge in [0.05, 0.1) is 17.6 Å². The number of carboxylic acids is 1. The van der Waals surface area contributed by atoms with Gasteiger partial charge in [0.25, 0.3) is 0 Å². The molecule has 0 heterocycles. The molecule has 0 bridgehead atoms. The molecule has 0 radical (unpaired) electrons. The van der Waals surface area contributed by atoms with Crippen molar-refractivity contribution < 1.29 is 20.1 Å². The van der Waals surface area contributed by atoms with Crippen molar-refractivity contribution >= 4 is 5.97 Å². The van der Waals surface area contributed by atoms with Crippen LogP contribution in [-0.2, 0) is 4.79 Å². The molecule has 0 aromatic heterocycles. The third-order valence-corrected chi connectivity index (χ3v) is 13.4. The molecule has 4 heteroatoms. The van der Waals surface area contributed by atoms with E-state index in [-0.39, 0.29) is 33.0 Å². The van der Waals surface area contributed by atoms with Crippen LogP contribution in [0.1, 0.15) is 86.0 Å². The van der Waals surface area contributed by atoms with Crippen LogP contribution < -0.4 is 0 Å². The first-order valence-electron chi connectivity index (χ1n) is 13.7. The second kappa shape index (κ2) is 6.40. The average Bonchev–Trinajstić information content (AvgIpc) is 3.46. The van der Waals surface area contributed by atoms with Gasteiger partial charge < -0.3 is 15.3 Å². The van der Waals surface area contributed by atoms with Gasteiger partial charge in [-0.15, -0.1) is 0 Å². The number of hydrogen-bond acceptors (Lipinski definition) is 3. The number of allylic oxidation sites excluding steroid dienone is 3. The fourth-order valence-corrected chi connectivity index (χ4v) is 11.7. The molecule has 0 aromatic carbocycles. The summed E-state index contributed by atoms with van der Waals surface area (Å²) in [6.07, 6.45) is 10.9. The standard InChI is InChI=1S/C30H44O4/c1-17-7-11-28(24(33)34)13-14-30-16-29(30,22(28)18(17)2)12-9-21-26(5)15-19(31)23(32)25(3,4)20(26)8-10-27(21,30)6/h9,12,17,19-23,31-32H,2,7-8,10-11,13-16H2,1,3-6H3,(H,33,34)/t17-,19-,20+,21-,22-,23+,26+,27-,28+,29-,30-/m1/s1. The van der Waals surface area contributed by atoms with Gasteiger partial charge in [-0.3, -0.25) is 4.79 Å². The topological polar surface area (TPSA) is 77.8 Å². The Morgan fingerprint density at radius 3 is 2.44 bits per heavy atom. The molecule has 5 saturated carbocycles. The van der Waals surface area contributed by atoms with Crippen molar-refractivity contribution in [2.24, 2.45) is 56.2 Å². The van der Waals surface area contributed by atoms with Crippen molar-refractivity contribution in [2.45, 2.75) is 98.2 Å². The Bertz CT molecular complexity index is 998. The van der Waals surface area contributed by atoms with Gasteiger partial charge in [0, 0.05) is 11.3 Å². The second-order valence-electron chi connectivity index (χ2n) is 14.6. The van der Waals surface area contributed by atoms with Crippen LogP contribution in [0.2, 0.25) is 0 Å². The summed E-state index contributed by atoms with van der Waals surface area (Å²) < 4.78 is 0. The van der Waals surface area contributed by atoms with Crippen molar-refractivity contribution in [1.82, 2.24) is 0 Å². The lowest BCUT2D eigenvalue weighted by Gasteiger charge is -2.68. The number of rotatable bonds is 1. The van der Waals surface area contributed by atoms with Gasteiger partial charge in [-0.2, -0.15) is 0 Å². The van der Waals surface area contributed by atoms with E-state index in [0.29, 0.717) is 24.2 Å². The van der Waals surface area contributed by atoms with Crippen LogP contribution in [0.4, 0.5) is 0 Å². The summed E-state index contributed by atoms with van der Waals surface area (Å²) >= 11 is 0. The molecule has 4 nitrogen and oxygen atoms in total. The minimum atomic E-state index is -0.694. The van der Waals surface area contributed by atoms with E-state index < -0.39 is 23.6 Å². The van der Waals surface area contributed by atoms with Gasteiger partial charge in [0.2, 0.25) is 0 Å². The minimum Gasteiger partial charge on any atom is -0.481 e. The Hall–Kier alpha value is -1.13. The van der Waals surface area contributed by atoms with Crippen molar-refractivity contribution in [3.8, 4) is 0 Å². The molecule has 0 spiro atoms. The smallest absolute Gasteiger partial charge is 0.310 e. The first kappa shape index (κ1) is 23.3. The zero-order valence-electron chi connectivity index (χ0n) is 21.7. The predicted molar refractivity (Wildman–Crippen MR) is 132 cm³/mol. The molecule has 3 N–H and O–H groups in total. The van der Waals surface area contributed by atoms with Gasteiger partial charge in [-0.1, -0.05) is 58.9 Å². The predicted octanol–water partition coefficient (Wildman–Crippen LogP) is 5.59. The molecule has 6 aliphatic carbocycles. The van der Waals surface area contributed by atoms with E-state index in [9.17, 15) is 20.1 Å². The number of carbonyl (C=O) groups is 1. The van der Waals surface area contributed by atoms with Crippen LogP contribution in [-0.4, -0.2) is 33.5 Å². The highest BCUT2D eigenvalue weighted by atomic mass is 16.4. The van der Waals surface area contributed by atoms with Gasteiger partial charge in [-0.05, 0) is 90.8 Å². The van der Waals surface area contributed by atoms with Crippen molar-refractivity contribution in [3.05, 3.63) is 24.3 Å². The number of carboxylic acid groups (broad SMARTS) is 1. The molecule has 34 heavy (non-hydrogen) atoms. The molecular weight excluding hydrogens is 424 g/mol. The number of hydrogen-bond donors (Lipinski definition) is 3. The Kier molecular flexibility index (Phi) is 4.38. The highest BCUT2D eigenvalue weighted by molar-refractivity contribution is 5.77. The molecular formula is C30H44O4. The second-order valence-corrected chi connectivity index (χ2v) is 14.6. The monoisotopic (exact) mass is 468 g/mol. The largest absolute Gasteiger partial charge is 0.481 e. The Morgan fingerprint density at radius 2 is 1.76 bits per heavy atom. The summed E-state index contributed by atoms with van der Waals surface area (Å²) in [4.78, 5) is 12.8. The number of aliphatic hydroxyl groups excluding tert-OH is 2. The van der Waals surface area contributed by atoms with Crippen LogP contribution in [0.3, 0.4) is 0 Å². The van der Waals surface area contributed by atoms with Gasteiger partial charge in [0.1, 0.15) is 0 Å². The first-order chi connectivity index (χ1) is 15.7. The summed E-state index contributed by atoms with van der Waals surface area (Å²) in [7, 11) is 0. The Balaban J connectivity index is 1.48. The van der Waals surface area contributed by atoms with Crippen LogP contribution >= 0.6 is 0 Å². The highest BCUT2D eigenvalue weighted by Gasteiger charge is 2.84. The van der Waals surface area contributed by atoms with Crippen molar-refractivity contribution in [3.63, 3.8) is 0 Å². The fourth-order valence-electron chi connectivity index (χ4n) is 11.7. The van der Waals surface area contributed by atoms with E-state index in [1.165, 1.54) is 5.57 Å². The van der Waals surface area contributed by atoms with Crippen LogP contribution in [0.15, 0.2) is 24.3 Å². The maximum absolute atomic E-state index is 12.8. The quantitative estimate of drug-likeness (QED) is 0.438. The molecule has 6 rings (SSSR count). The van der Waals surface area contributed by atoms with Crippen molar-refractivity contribution in [1.29, 1.82) is 0 Å². The van der Waals surface area contributed by atoms with E-state index in [1.807, 2.05) is 0 Å². The third kappa shape index (κ3) is 2.24. The van der Waals surface area contributed by atoms with E-state index in [2.05, 4.69) is 53.3 Å². The number of aliphatic carboxylic acids is 1. The summed E-state index contributed by atoms with van der Waals surface area (Å²) in [5, 5.41) is 32.4. The average molecular weight is 469 g/mol. The lowest BCUT2D eigenvalue weighted by atomic mass is 9.36. The molecule has 0 saturated heterocycles. The van der Waals surface area contributed by atoms with Crippen LogP contribution in [0.25, 0.3) is 0 Å². The lowest BCUT2D eigenvalue weighted by Crippen LogP contribution is -2.65. The summed E-state index contributed by atoms with van der Waals surface area (Å²) in [6, 6.07) is 0. The normalized spacial score (nSPS) is 59.1. The molecule has 0 amide bonds. The molecule has 11 atom stereocenters. The first-order valence-corrected chi connectivity index (χ1v) is 13.7. The fraction of sp³-hybridized carbons (Fsp3) is 0.833. The van der Waals surface area contributed by atoms with E-state index in [1.54, 1.807) is 0 Å². The molecule has 188 valence electrons. The zero-order valence-corrected chi connectivity index (χ0v) is 21.7.